The van der Waals surface area contributed by atoms with Gasteiger partial charge in [-0.3, -0.25) is 4.79 Å². The normalized spacial score (nSPS) is 11.6. The van der Waals surface area contributed by atoms with Crippen LogP contribution >= 0.6 is 0 Å². The Hall–Kier alpha value is -2.17. The molecule has 0 amide bonds. The summed E-state index contributed by atoms with van der Waals surface area (Å²) in [5.74, 6) is 0.185. The summed E-state index contributed by atoms with van der Waals surface area (Å²) in [6, 6.07) is 8.02. The number of carbonyl (C=O) groups is 1. The van der Waals surface area contributed by atoms with E-state index in [0.717, 1.165) is 12.0 Å². The van der Waals surface area contributed by atoms with E-state index in [9.17, 15) is 4.79 Å². The highest BCUT2D eigenvalue weighted by atomic mass is 16.5. The fourth-order valence-electron chi connectivity index (χ4n) is 2.21. The van der Waals surface area contributed by atoms with Gasteiger partial charge in [-0.1, -0.05) is 50.2 Å². The average molecular weight is 288 g/mol. The molecule has 0 radical (unpaired) electrons. The van der Waals surface area contributed by atoms with E-state index >= 15 is 0 Å². The van der Waals surface area contributed by atoms with E-state index in [1.54, 1.807) is 0 Å². The standard InChI is InChI=1S/C16H20N2O3/c1-4-11-5-7-12(8-6-11)15-17-13(21-18-15)9-16(2,3)10-14(19)20/h5-8H,4,9-10H2,1-3H3,(H,19,20). The highest BCUT2D eigenvalue weighted by Gasteiger charge is 2.25. The number of aliphatic carboxylic acids is 1. The number of aromatic nitrogens is 2. The van der Waals surface area contributed by atoms with Gasteiger partial charge in [0.1, 0.15) is 0 Å². The molecule has 1 aromatic heterocycles. The van der Waals surface area contributed by atoms with Crippen LogP contribution in [0, 0.1) is 5.41 Å². The largest absolute Gasteiger partial charge is 0.481 e. The van der Waals surface area contributed by atoms with Crippen LogP contribution in [0.2, 0.25) is 0 Å². The second kappa shape index (κ2) is 6.08. The summed E-state index contributed by atoms with van der Waals surface area (Å²) in [4.78, 5) is 15.2. The quantitative estimate of drug-likeness (QED) is 0.882. The van der Waals surface area contributed by atoms with Gasteiger partial charge in [-0.15, -0.1) is 0 Å². The minimum Gasteiger partial charge on any atom is -0.481 e. The van der Waals surface area contributed by atoms with Crippen molar-refractivity contribution in [3.8, 4) is 11.4 Å². The Bertz CT molecular complexity index is 615. The molecule has 0 bridgehead atoms. The predicted molar refractivity (Wildman–Crippen MR) is 78.8 cm³/mol. The molecule has 21 heavy (non-hydrogen) atoms. The van der Waals surface area contributed by atoms with Crippen LogP contribution in [0.15, 0.2) is 28.8 Å². The van der Waals surface area contributed by atoms with Gasteiger partial charge >= 0.3 is 5.97 Å². The highest BCUT2D eigenvalue weighted by molar-refractivity contribution is 5.67. The lowest BCUT2D eigenvalue weighted by atomic mass is 9.86. The molecule has 5 heteroatoms. The molecule has 0 aliphatic rings. The van der Waals surface area contributed by atoms with E-state index in [-0.39, 0.29) is 6.42 Å². The van der Waals surface area contributed by atoms with E-state index in [1.165, 1.54) is 5.56 Å². The van der Waals surface area contributed by atoms with Gasteiger partial charge in [0.2, 0.25) is 11.7 Å². The molecule has 1 N–H and O–H groups in total. The summed E-state index contributed by atoms with van der Waals surface area (Å²) in [6.07, 6.45) is 1.50. The topological polar surface area (TPSA) is 76.2 Å². The molecule has 1 aromatic carbocycles. The summed E-state index contributed by atoms with van der Waals surface area (Å²) >= 11 is 0. The third kappa shape index (κ3) is 4.15. The summed E-state index contributed by atoms with van der Waals surface area (Å²) in [6.45, 7) is 5.86. The van der Waals surface area contributed by atoms with Crippen LogP contribution in [0.1, 0.15) is 38.6 Å². The molecule has 2 rings (SSSR count). The Kier molecular flexibility index (Phi) is 4.40. The van der Waals surface area contributed by atoms with Gasteiger partial charge in [0.15, 0.2) is 0 Å². The third-order valence-corrected chi connectivity index (χ3v) is 3.35. The molecule has 112 valence electrons. The van der Waals surface area contributed by atoms with Crippen molar-refractivity contribution in [3.05, 3.63) is 35.7 Å². The molecule has 5 nitrogen and oxygen atoms in total. The Balaban J connectivity index is 2.12. The Labute approximate surface area is 124 Å². The van der Waals surface area contributed by atoms with E-state index in [1.807, 2.05) is 38.1 Å². The maximum atomic E-state index is 10.8. The van der Waals surface area contributed by atoms with Gasteiger partial charge in [-0.25, -0.2) is 0 Å². The second-order valence-electron chi connectivity index (χ2n) is 5.97. The number of aryl methyl sites for hydroxylation is 1. The van der Waals surface area contributed by atoms with Crippen molar-refractivity contribution in [3.63, 3.8) is 0 Å². The average Bonchev–Trinajstić information content (AvgIpc) is 2.85. The number of carboxylic acids is 1. The van der Waals surface area contributed by atoms with Gasteiger partial charge in [0.25, 0.3) is 0 Å². The minimum atomic E-state index is -0.824. The molecule has 1 heterocycles. The third-order valence-electron chi connectivity index (χ3n) is 3.35. The number of carboxylic acid groups (broad SMARTS) is 1. The fraction of sp³-hybridized carbons (Fsp3) is 0.438. The van der Waals surface area contributed by atoms with Crippen LogP contribution in [0.4, 0.5) is 0 Å². The maximum Gasteiger partial charge on any atom is 0.303 e. The summed E-state index contributed by atoms with van der Waals surface area (Å²) in [7, 11) is 0. The van der Waals surface area contributed by atoms with Gasteiger partial charge in [0, 0.05) is 12.0 Å². The summed E-state index contributed by atoms with van der Waals surface area (Å²) in [5.41, 5.74) is 1.74. The lowest BCUT2D eigenvalue weighted by Crippen LogP contribution is -2.19. The molecule has 0 fully saturated rings. The molecule has 0 aliphatic heterocycles. The number of hydrogen-bond donors (Lipinski definition) is 1. The highest BCUT2D eigenvalue weighted by Crippen LogP contribution is 2.26. The van der Waals surface area contributed by atoms with Gasteiger partial charge < -0.3 is 9.63 Å². The van der Waals surface area contributed by atoms with Crippen molar-refractivity contribution in [2.24, 2.45) is 5.41 Å². The van der Waals surface area contributed by atoms with Gasteiger partial charge in [-0.2, -0.15) is 4.98 Å². The number of rotatable bonds is 6. The van der Waals surface area contributed by atoms with Crippen molar-refractivity contribution >= 4 is 5.97 Å². The first kappa shape index (κ1) is 15.2. The van der Waals surface area contributed by atoms with Crippen molar-refractivity contribution in [1.29, 1.82) is 0 Å². The molecule has 0 aliphatic carbocycles. The molecule has 0 unspecified atom stereocenters. The molecule has 0 saturated carbocycles. The SMILES string of the molecule is CCc1ccc(-c2noc(CC(C)(C)CC(=O)O)n2)cc1. The van der Waals surface area contributed by atoms with Crippen molar-refractivity contribution in [2.45, 2.75) is 40.0 Å². The first-order valence-corrected chi connectivity index (χ1v) is 7.03. The van der Waals surface area contributed by atoms with Crippen LogP contribution in [0.25, 0.3) is 11.4 Å². The molecular weight excluding hydrogens is 268 g/mol. The lowest BCUT2D eigenvalue weighted by Gasteiger charge is -2.19. The summed E-state index contributed by atoms with van der Waals surface area (Å²) in [5, 5.41) is 12.9. The number of benzene rings is 1. The monoisotopic (exact) mass is 288 g/mol. The molecular formula is C16H20N2O3. The Morgan fingerprint density at radius 2 is 1.95 bits per heavy atom. The summed E-state index contributed by atoms with van der Waals surface area (Å²) < 4.78 is 5.24. The second-order valence-corrected chi connectivity index (χ2v) is 5.97. The molecule has 2 aromatic rings. The minimum absolute atomic E-state index is 0.0654. The lowest BCUT2D eigenvalue weighted by molar-refractivity contribution is -0.139. The van der Waals surface area contributed by atoms with Crippen LogP contribution in [0.5, 0.6) is 0 Å². The van der Waals surface area contributed by atoms with E-state index in [4.69, 9.17) is 9.63 Å². The smallest absolute Gasteiger partial charge is 0.303 e. The zero-order valence-electron chi connectivity index (χ0n) is 12.6. The predicted octanol–water partition coefficient (Wildman–Crippen LogP) is 3.34. The number of hydrogen-bond acceptors (Lipinski definition) is 4. The van der Waals surface area contributed by atoms with E-state index < -0.39 is 11.4 Å². The maximum absolute atomic E-state index is 10.8. The first-order chi connectivity index (χ1) is 9.89. The van der Waals surface area contributed by atoms with Crippen LogP contribution in [-0.4, -0.2) is 21.2 Å². The van der Waals surface area contributed by atoms with Crippen LogP contribution < -0.4 is 0 Å². The van der Waals surface area contributed by atoms with E-state index in [2.05, 4.69) is 17.1 Å². The van der Waals surface area contributed by atoms with Crippen LogP contribution in [0.3, 0.4) is 0 Å². The van der Waals surface area contributed by atoms with Gasteiger partial charge in [0.05, 0.1) is 6.42 Å². The fourth-order valence-corrected chi connectivity index (χ4v) is 2.21. The van der Waals surface area contributed by atoms with E-state index in [0.29, 0.717) is 18.1 Å². The van der Waals surface area contributed by atoms with Crippen LogP contribution in [-0.2, 0) is 17.6 Å². The zero-order valence-corrected chi connectivity index (χ0v) is 12.6. The van der Waals surface area contributed by atoms with Gasteiger partial charge in [-0.05, 0) is 17.4 Å². The molecule has 0 atom stereocenters. The Morgan fingerprint density at radius 1 is 1.29 bits per heavy atom. The molecule has 0 saturated heterocycles. The van der Waals surface area contributed by atoms with Crippen molar-refractivity contribution in [1.82, 2.24) is 10.1 Å². The van der Waals surface area contributed by atoms with Crippen molar-refractivity contribution in [2.75, 3.05) is 0 Å². The number of nitrogens with zero attached hydrogens (tertiary/aromatic N) is 2. The zero-order chi connectivity index (χ0) is 15.5. The first-order valence-electron chi connectivity index (χ1n) is 7.03. The Morgan fingerprint density at radius 3 is 2.52 bits per heavy atom. The molecule has 0 spiro atoms. The van der Waals surface area contributed by atoms with Crippen molar-refractivity contribution < 1.29 is 14.4 Å².